The van der Waals surface area contributed by atoms with Gasteiger partial charge in [-0.2, -0.15) is 5.26 Å². The van der Waals surface area contributed by atoms with Gasteiger partial charge in [0.05, 0.1) is 31.1 Å². The van der Waals surface area contributed by atoms with Crippen LogP contribution in [0, 0.1) is 23.2 Å². The molecule has 13 heavy (non-hydrogen) atoms. The predicted molar refractivity (Wildman–Crippen MR) is 44.5 cm³/mol. The summed E-state index contributed by atoms with van der Waals surface area (Å²) in [5, 5.41) is 18.0. The molecule has 0 spiro atoms. The van der Waals surface area contributed by atoms with Crippen molar-refractivity contribution in [2.45, 2.75) is 25.4 Å². The van der Waals surface area contributed by atoms with Crippen LogP contribution in [-0.4, -0.2) is 24.3 Å². The van der Waals surface area contributed by atoms with Gasteiger partial charge >= 0.3 is 5.97 Å². The molecule has 1 aliphatic rings. The van der Waals surface area contributed by atoms with E-state index in [4.69, 9.17) is 5.26 Å². The summed E-state index contributed by atoms with van der Waals surface area (Å²) in [6.45, 7) is 0. The van der Waals surface area contributed by atoms with Crippen molar-refractivity contribution in [2.75, 3.05) is 7.11 Å². The zero-order valence-electron chi connectivity index (χ0n) is 7.56. The number of aliphatic hydroxyl groups is 1. The van der Waals surface area contributed by atoms with Crippen molar-refractivity contribution in [3.8, 4) is 6.07 Å². The third kappa shape index (κ3) is 2.19. The Bertz CT molecular complexity index is 234. The molecule has 1 aliphatic carbocycles. The van der Waals surface area contributed by atoms with Gasteiger partial charge in [0.2, 0.25) is 0 Å². The molecule has 4 nitrogen and oxygen atoms in total. The number of ether oxygens (including phenoxy) is 1. The average Bonchev–Trinajstić information content (AvgIpc) is 2.16. The van der Waals surface area contributed by atoms with Gasteiger partial charge in [-0.05, 0) is 19.3 Å². The molecule has 0 aromatic rings. The molecule has 0 aliphatic heterocycles. The van der Waals surface area contributed by atoms with Crippen molar-refractivity contribution in [3.63, 3.8) is 0 Å². The van der Waals surface area contributed by atoms with Gasteiger partial charge in [-0.3, -0.25) is 4.79 Å². The third-order valence-corrected chi connectivity index (χ3v) is 2.49. The fraction of sp³-hybridized carbons (Fsp3) is 0.778. The second-order valence-electron chi connectivity index (χ2n) is 3.33. The summed E-state index contributed by atoms with van der Waals surface area (Å²) in [4.78, 5) is 11.2. The van der Waals surface area contributed by atoms with E-state index in [-0.39, 0.29) is 11.9 Å². The minimum Gasteiger partial charge on any atom is -0.469 e. The molecule has 0 heterocycles. The maximum atomic E-state index is 11.2. The highest BCUT2D eigenvalue weighted by Gasteiger charge is 2.35. The Hall–Kier alpha value is -1.08. The summed E-state index contributed by atoms with van der Waals surface area (Å²) in [7, 11) is 1.32. The molecular formula is C9H13NO3. The van der Waals surface area contributed by atoms with Crippen molar-refractivity contribution < 1.29 is 14.6 Å². The van der Waals surface area contributed by atoms with E-state index in [2.05, 4.69) is 4.74 Å². The summed E-state index contributed by atoms with van der Waals surface area (Å²) in [6.07, 6.45) is 1.07. The summed E-state index contributed by atoms with van der Waals surface area (Å²) in [5.74, 6) is -1.08. The van der Waals surface area contributed by atoms with Crippen LogP contribution in [0.1, 0.15) is 19.3 Å². The molecule has 1 fully saturated rings. The number of carbonyl (C=O) groups excluding carboxylic acids is 1. The van der Waals surface area contributed by atoms with Crippen LogP contribution in [0.15, 0.2) is 0 Å². The first-order valence-corrected chi connectivity index (χ1v) is 4.34. The number of hydrogen-bond acceptors (Lipinski definition) is 4. The molecule has 0 unspecified atom stereocenters. The summed E-state index contributed by atoms with van der Waals surface area (Å²) >= 11 is 0. The van der Waals surface area contributed by atoms with E-state index in [9.17, 15) is 9.90 Å². The van der Waals surface area contributed by atoms with E-state index in [1.807, 2.05) is 6.07 Å². The first-order chi connectivity index (χ1) is 6.19. The molecule has 0 bridgehead atoms. The molecule has 1 rings (SSSR count). The van der Waals surface area contributed by atoms with Crippen LogP contribution in [0.5, 0.6) is 0 Å². The fourth-order valence-corrected chi connectivity index (χ4v) is 1.72. The molecule has 0 radical (unpaired) electrons. The van der Waals surface area contributed by atoms with Crippen LogP contribution in [0.4, 0.5) is 0 Å². The van der Waals surface area contributed by atoms with Gasteiger partial charge in [0, 0.05) is 0 Å². The number of aliphatic hydroxyl groups excluding tert-OH is 1. The van der Waals surface area contributed by atoms with E-state index in [1.165, 1.54) is 7.11 Å². The highest BCUT2D eigenvalue weighted by molar-refractivity contribution is 5.73. The van der Waals surface area contributed by atoms with Crippen LogP contribution in [0.2, 0.25) is 0 Å². The largest absolute Gasteiger partial charge is 0.469 e. The van der Waals surface area contributed by atoms with Crippen LogP contribution < -0.4 is 0 Å². The van der Waals surface area contributed by atoms with Crippen molar-refractivity contribution in [2.24, 2.45) is 11.8 Å². The number of hydrogen-bond donors (Lipinski definition) is 1. The molecule has 1 N–H and O–H groups in total. The lowest BCUT2D eigenvalue weighted by Crippen LogP contribution is -2.32. The smallest absolute Gasteiger partial charge is 0.309 e. The number of esters is 1. The second-order valence-corrected chi connectivity index (χ2v) is 3.33. The Morgan fingerprint density at radius 1 is 1.62 bits per heavy atom. The molecule has 72 valence electrons. The maximum Gasteiger partial charge on any atom is 0.309 e. The van der Waals surface area contributed by atoms with Gasteiger partial charge < -0.3 is 9.84 Å². The summed E-state index contributed by atoms with van der Waals surface area (Å²) in [5.41, 5.74) is 0. The molecule has 0 amide bonds. The first kappa shape index (κ1) is 10.0. The molecule has 0 aromatic carbocycles. The van der Waals surface area contributed by atoms with E-state index < -0.39 is 12.0 Å². The zero-order chi connectivity index (χ0) is 9.84. The lowest BCUT2D eigenvalue weighted by Gasteiger charge is -2.27. The standard InChI is InChI=1S/C9H13NO3/c1-13-9(12)8-3-2-7(11)4-6(8)5-10/h6-8,11H,2-4H2,1H3/t6-,7-,8+/m0/s1. The van der Waals surface area contributed by atoms with Crippen LogP contribution in [0.25, 0.3) is 0 Å². The number of rotatable bonds is 1. The van der Waals surface area contributed by atoms with Gasteiger partial charge in [-0.1, -0.05) is 0 Å². The number of methoxy groups -OCH3 is 1. The second kappa shape index (κ2) is 4.24. The van der Waals surface area contributed by atoms with Crippen LogP contribution in [-0.2, 0) is 9.53 Å². The monoisotopic (exact) mass is 183 g/mol. The average molecular weight is 183 g/mol. The van der Waals surface area contributed by atoms with E-state index in [0.29, 0.717) is 19.3 Å². The van der Waals surface area contributed by atoms with Crippen molar-refractivity contribution >= 4 is 5.97 Å². The first-order valence-electron chi connectivity index (χ1n) is 4.34. The minimum absolute atomic E-state index is 0.335. The Morgan fingerprint density at radius 3 is 2.85 bits per heavy atom. The summed E-state index contributed by atoms with van der Waals surface area (Å²) < 4.78 is 4.59. The number of nitriles is 1. The van der Waals surface area contributed by atoms with Gasteiger partial charge in [-0.15, -0.1) is 0 Å². The van der Waals surface area contributed by atoms with Gasteiger partial charge in [0.25, 0.3) is 0 Å². The normalized spacial score (nSPS) is 33.5. The Balaban J connectivity index is 2.64. The van der Waals surface area contributed by atoms with E-state index in [0.717, 1.165) is 0 Å². The number of nitrogens with zero attached hydrogens (tertiary/aromatic N) is 1. The van der Waals surface area contributed by atoms with E-state index in [1.54, 1.807) is 0 Å². The molecule has 4 heteroatoms. The third-order valence-electron chi connectivity index (χ3n) is 2.49. The Morgan fingerprint density at radius 2 is 2.31 bits per heavy atom. The molecule has 0 aromatic heterocycles. The Labute approximate surface area is 77.1 Å². The highest BCUT2D eigenvalue weighted by atomic mass is 16.5. The van der Waals surface area contributed by atoms with Gasteiger partial charge in [0.15, 0.2) is 0 Å². The lowest BCUT2D eigenvalue weighted by atomic mass is 9.79. The van der Waals surface area contributed by atoms with Crippen LogP contribution >= 0.6 is 0 Å². The molecule has 3 atom stereocenters. The summed E-state index contributed by atoms with van der Waals surface area (Å²) in [6, 6.07) is 2.04. The zero-order valence-corrected chi connectivity index (χ0v) is 7.56. The van der Waals surface area contributed by atoms with Crippen molar-refractivity contribution in [1.29, 1.82) is 5.26 Å². The lowest BCUT2D eigenvalue weighted by molar-refractivity contribution is -0.148. The Kier molecular flexibility index (Phi) is 3.26. The predicted octanol–water partition coefficient (Wildman–Crippen LogP) is 0.460. The number of carbonyl (C=O) groups is 1. The van der Waals surface area contributed by atoms with Gasteiger partial charge in [-0.25, -0.2) is 0 Å². The van der Waals surface area contributed by atoms with Gasteiger partial charge in [0.1, 0.15) is 0 Å². The SMILES string of the molecule is COC(=O)[C@@H]1CC[C@H](O)C[C@H]1C#N. The topological polar surface area (TPSA) is 70.3 Å². The molecular weight excluding hydrogens is 170 g/mol. The van der Waals surface area contributed by atoms with E-state index >= 15 is 0 Å². The molecule has 1 saturated carbocycles. The van der Waals surface area contributed by atoms with Crippen molar-refractivity contribution in [1.82, 2.24) is 0 Å². The fourth-order valence-electron chi connectivity index (χ4n) is 1.72. The minimum atomic E-state index is -0.439. The highest BCUT2D eigenvalue weighted by Crippen LogP contribution is 2.30. The van der Waals surface area contributed by atoms with Crippen molar-refractivity contribution in [3.05, 3.63) is 0 Å². The molecule has 0 saturated heterocycles. The van der Waals surface area contributed by atoms with Crippen LogP contribution in [0.3, 0.4) is 0 Å². The maximum absolute atomic E-state index is 11.2. The quantitative estimate of drug-likeness (QED) is 0.599.